The monoisotopic (exact) mass is 430 g/mol. The molecule has 2 N–H and O–H groups in total. The van der Waals surface area contributed by atoms with Crippen LogP contribution in [0.1, 0.15) is 11.1 Å². The van der Waals surface area contributed by atoms with Crippen LogP contribution in [0.3, 0.4) is 0 Å². The number of carbonyl (C=O) groups excluding carboxylic acids is 2. The van der Waals surface area contributed by atoms with Crippen LogP contribution in [-0.2, 0) is 9.59 Å². The molecule has 0 saturated carbocycles. The van der Waals surface area contributed by atoms with Gasteiger partial charge in [-0.2, -0.15) is 10.2 Å². The first kappa shape index (κ1) is 20.2. The molecule has 0 unspecified atom stereocenters. The summed E-state index contributed by atoms with van der Waals surface area (Å²) in [6, 6.07) is 9.56. The summed E-state index contributed by atoms with van der Waals surface area (Å²) in [5, 5.41) is 8.78. The predicted molar refractivity (Wildman–Crippen MR) is 104 cm³/mol. The van der Waals surface area contributed by atoms with Gasteiger partial charge in [-0.05, 0) is 35.4 Å². The van der Waals surface area contributed by atoms with Crippen molar-refractivity contribution in [2.75, 3.05) is 0 Å². The van der Waals surface area contributed by atoms with E-state index in [1.165, 1.54) is 12.4 Å². The van der Waals surface area contributed by atoms with E-state index in [0.717, 1.165) is 0 Å². The molecule has 0 aliphatic heterocycles. The van der Waals surface area contributed by atoms with Gasteiger partial charge in [-0.15, -0.1) is 0 Å². The minimum absolute atomic E-state index is 0.344. The molecule has 0 radical (unpaired) electrons. The lowest BCUT2D eigenvalue weighted by molar-refractivity contribution is -0.139. The van der Waals surface area contributed by atoms with E-state index in [0.29, 0.717) is 31.2 Å². The quantitative estimate of drug-likeness (QED) is 0.437. The molecule has 0 bridgehead atoms. The van der Waals surface area contributed by atoms with Crippen LogP contribution in [0.4, 0.5) is 0 Å². The van der Waals surface area contributed by atoms with E-state index in [2.05, 4.69) is 21.1 Å². The number of hydrazone groups is 2. The highest BCUT2D eigenvalue weighted by molar-refractivity contribution is 6.42. The largest absolute Gasteiger partial charge is 0.331 e. The number of amides is 2. The normalized spacial score (nSPS) is 11.1. The van der Waals surface area contributed by atoms with Crippen LogP contribution in [-0.4, -0.2) is 24.2 Å². The number of rotatable bonds is 4. The van der Waals surface area contributed by atoms with Crippen LogP contribution >= 0.6 is 46.4 Å². The molecule has 0 atom stereocenters. The number of hydrogen-bond acceptors (Lipinski definition) is 4. The third kappa shape index (κ3) is 6.00. The number of halogens is 4. The second-order valence-corrected chi connectivity index (χ2v) is 6.37. The maximum absolute atomic E-state index is 11.6. The van der Waals surface area contributed by atoms with Gasteiger partial charge in [-0.3, -0.25) is 9.59 Å². The molecule has 10 heteroatoms. The van der Waals surface area contributed by atoms with Gasteiger partial charge in [0.05, 0.1) is 32.5 Å². The Morgan fingerprint density at radius 3 is 1.42 bits per heavy atom. The van der Waals surface area contributed by atoms with Gasteiger partial charge < -0.3 is 0 Å². The topological polar surface area (TPSA) is 82.9 Å². The van der Waals surface area contributed by atoms with Crippen molar-refractivity contribution in [3.63, 3.8) is 0 Å². The van der Waals surface area contributed by atoms with Gasteiger partial charge in [0.2, 0.25) is 0 Å². The molecule has 2 rings (SSSR count). The lowest BCUT2D eigenvalue weighted by Gasteiger charge is -2.00. The molecule has 2 aromatic carbocycles. The zero-order chi connectivity index (χ0) is 19.1. The molecule has 134 valence electrons. The molecular weight excluding hydrogens is 422 g/mol. The number of nitrogens with zero attached hydrogens (tertiary/aromatic N) is 2. The molecule has 0 aliphatic carbocycles. The third-order valence-electron chi connectivity index (χ3n) is 2.85. The zero-order valence-corrected chi connectivity index (χ0v) is 15.9. The van der Waals surface area contributed by atoms with E-state index in [9.17, 15) is 9.59 Å². The smallest absolute Gasteiger partial charge is 0.262 e. The molecule has 2 amide bonds. The van der Waals surface area contributed by atoms with Crippen molar-refractivity contribution >= 4 is 70.6 Å². The van der Waals surface area contributed by atoms with Gasteiger partial charge in [0.15, 0.2) is 0 Å². The Balaban J connectivity index is 1.85. The molecule has 0 saturated heterocycles. The summed E-state index contributed by atoms with van der Waals surface area (Å²) < 4.78 is 0. The summed E-state index contributed by atoms with van der Waals surface area (Å²) in [5.41, 5.74) is 5.31. The van der Waals surface area contributed by atoms with Crippen LogP contribution in [0.2, 0.25) is 20.1 Å². The van der Waals surface area contributed by atoms with Gasteiger partial charge in [-0.25, -0.2) is 10.9 Å². The van der Waals surface area contributed by atoms with Crippen molar-refractivity contribution in [3.05, 3.63) is 67.6 Å². The highest BCUT2D eigenvalue weighted by atomic mass is 35.5. The minimum atomic E-state index is -0.993. The summed E-state index contributed by atoms with van der Waals surface area (Å²) >= 11 is 23.3. The predicted octanol–water partition coefficient (Wildman–Crippen LogP) is 3.90. The van der Waals surface area contributed by atoms with E-state index in [1.54, 1.807) is 36.4 Å². The molecule has 0 aromatic heterocycles. The Kier molecular flexibility index (Phi) is 7.41. The summed E-state index contributed by atoms with van der Waals surface area (Å²) in [7, 11) is 0. The Morgan fingerprint density at radius 1 is 0.692 bits per heavy atom. The molecule has 0 spiro atoms. The van der Waals surface area contributed by atoms with E-state index in [1.807, 2.05) is 0 Å². The summed E-state index contributed by atoms with van der Waals surface area (Å²) in [6.45, 7) is 0. The average molecular weight is 432 g/mol. The fraction of sp³-hybridized carbons (Fsp3) is 0. The molecule has 0 aliphatic rings. The third-order valence-corrected chi connectivity index (χ3v) is 4.33. The first-order valence-electron chi connectivity index (χ1n) is 6.93. The van der Waals surface area contributed by atoms with E-state index < -0.39 is 11.8 Å². The van der Waals surface area contributed by atoms with Gasteiger partial charge in [0.1, 0.15) is 0 Å². The van der Waals surface area contributed by atoms with E-state index in [4.69, 9.17) is 46.4 Å². The van der Waals surface area contributed by atoms with Gasteiger partial charge in [0.25, 0.3) is 0 Å². The van der Waals surface area contributed by atoms with Crippen LogP contribution in [0.5, 0.6) is 0 Å². The van der Waals surface area contributed by atoms with Crippen LogP contribution in [0.25, 0.3) is 0 Å². The van der Waals surface area contributed by atoms with E-state index in [-0.39, 0.29) is 0 Å². The Bertz CT molecular complexity index is 826. The standard InChI is InChI=1S/C16H10Cl4N4O2/c17-11-3-1-9(5-13(11)19)7-21-23-15(25)16(26)24-22-8-10-2-4-12(18)14(20)6-10/h1-8H,(H,23,25)(H,24,26)/b21-7-,22-8+. The zero-order valence-electron chi connectivity index (χ0n) is 12.8. The first-order chi connectivity index (χ1) is 12.4. The van der Waals surface area contributed by atoms with Crippen molar-refractivity contribution in [3.8, 4) is 0 Å². The van der Waals surface area contributed by atoms with Crippen molar-refractivity contribution in [2.24, 2.45) is 10.2 Å². The van der Waals surface area contributed by atoms with Crippen molar-refractivity contribution in [1.29, 1.82) is 0 Å². The summed E-state index contributed by atoms with van der Waals surface area (Å²) in [4.78, 5) is 23.2. The fourth-order valence-corrected chi connectivity index (χ4v) is 2.23. The lowest BCUT2D eigenvalue weighted by Crippen LogP contribution is -2.35. The van der Waals surface area contributed by atoms with Crippen LogP contribution in [0.15, 0.2) is 46.6 Å². The van der Waals surface area contributed by atoms with Gasteiger partial charge >= 0.3 is 11.8 Å². The highest BCUT2D eigenvalue weighted by Gasteiger charge is 2.11. The summed E-state index contributed by atoms with van der Waals surface area (Å²) in [6.07, 6.45) is 2.62. The Morgan fingerprint density at radius 2 is 1.08 bits per heavy atom. The first-order valence-corrected chi connectivity index (χ1v) is 8.44. The number of benzene rings is 2. The molecular formula is C16H10Cl4N4O2. The van der Waals surface area contributed by atoms with Crippen LogP contribution in [0, 0.1) is 0 Å². The molecule has 6 nitrogen and oxygen atoms in total. The second-order valence-electron chi connectivity index (χ2n) is 4.75. The SMILES string of the molecule is O=C(N/N=C\c1ccc(Cl)c(Cl)c1)C(=O)N/N=C/c1ccc(Cl)c(Cl)c1. The van der Waals surface area contributed by atoms with E-state index >= 15 is 0 Å². The maximum atomic E-state index is 11.6. The highest BCUT2D eigenvalue weighted by Crippen LogP contribution is 2.22. The van der Waals surface area contributed by atoms with Gasteiger partial charge in [0, 0.05) is 0 Å². The lowest BCUT2D eigenvalue weighted by atomic mass is 10.2. The Hall–Kier alpha value is -2.12. The molecule has 2 aromatic rings. The minimum Gasteiger partial charge on any atom is -0.262 e. The maximum Gasteiger partial charge on any atom is 0.331 e. The van der Waals surface area contributed by atoms with Gasteiger partial charge in [-0.1, -0.05) is 58.5 Å². The molecule has 0 fully saturated rings. The van der Waals surface area contributed by atoms with Crippen molar-refractivity contribution in [1.82, 2.24) is 10.9 Å². The average Bonchev–Trinajstić information content (AvgIpc) is 2.61. The molecule has 26 heavy (non-hydrogen) atoms. The fourth-order valence-electron chi connectivity index (χ4n) is 1.62. The van der Waals surface area contributed by atoms with Crippen molar-refractivity contribution < 1.29 is 9.59 Å². The van der Waals surface area contributed by atoms with Crippen molar-refractivity contribution in [2.45, 2.75) is 0 Å². The van der Waals surface area contributed by atoms with Crippen LogP contribution < -0.4 is 10.9 Å². The number of nitrogens with one attached hydrogen (secondary N) is 2. The number of hydrogen-bond donors (Lipinski definition) is 2. The summed E-state index contributed by atoms with van der Waals surface area (Å²) in [5.74, 6) is -1.99. The molecule has 0 heterocycles. The number of carbonyl (C=O) groups is 2. The second kappa shape index (κ2) is 9.54. The Labute approximate surface area is 168 Å².